The van der Waals surface area contributed by atoms with E-state index in [0.29, 0.717) is 39.0 Å². The maximum atomic E-state index is 12.4. The molecule has 1 amide bonds. The average Bonchev–Trinajstić information content (AvgIpc) is 2.50. The van der Waals surface area contributed by atoms with Crippen LogP contribution in [0.5, 0.6) is 0 Å². The van der Waals surface area contributed by atoms with Crippen molar-refractivity contribution >= 4 is 24.0 Å². The summed E-state index contributed by atoms with van der Waals surface area (Å²) < 4.78 is 5.31. The molecule has 4 N–H and O–H groups in total. The zero-order valence-electron chi connectivity index (χ0n) is 12.0. The molecule has 0 bridgehead atoms. The number of aliphatic hydroxyl groups is 1. The van der Waals surface area contributed by atoms with Gasteiger partial charge in [0.1, 0.15) is 0 Å². The summed E-state index contributed by atoms with van der Waals surface area (Å²) in [7, 11) is 0. The molecule has 0 saturated carbocycles. The first-order valence-corrected chi connectivity index (χ1v) is 6.99. The van der Waals surface area contributed by atoms with E-state index in [0.717, 1.165) is 11.3 Å². The van der Waals surface area contributed by atoms with Gasteiger partial charge >= 0.3 is 0 Å². The van der Waals surface area contributed by atoms with Crippen LogP contribution in [0.25, 0.3) is 0 Å². The van der Waals surface area contributed by atoms with Gasteiger partial charge in [0.05, 0.1) is 5.41 Å². The average molecular weight is 315 g/mol. The first-order valence-electron chi connectivity index (χ1n) is 6.99. The van der Waals surface area contributed by atoms with Gasteiger partial charge in [-0.25, -0.2) is 0 Å². The number of nitrogens with one attached hydrogen (secondary N) is 1. The van der Waals surface area contributed by atoms with Gasteiger partial charge in [0.2, 0.25) is 5.91 Å². The first-order chi connectivity index (χ1) is 9.70. The fourth-order valence-electron chi connectivity index (χ4n) is 2.43. The van der Waals surface area contributed by atoms with E-state index < -0.39 is 5.41 Å². The highest BCUT2D eigenvalue weighted by Crippen LogP contribution is 2.30. The molecule has 1 aromatic rings. The molecule has 0 aliphatic carbocycles. The van der Waals surface area contributed by atoms with E-state index in [-0.39, 0.29) is 24.9 Å². The summed E-state index contributed by atoms with van der Waals surface area (Å²) in [5.41, 5.74) is 7.11. The van der Waals surface area contributed by atoms with E-state index in [4.69, 9.17) is 15.6 Å². The van der Waals surface area contributed by atoms with Gasteiger partial charge in [0, 0.05) is 32.1 Å². The summed E-state index contributed by atoms with van der Waals surface area (Å²) in [6.07, 6.45) is 1.95. The SMILES string of the molecule is Cl.NCC1(C(=O)Nc2ccc(CCO)cc2)CCOCC1. The maximum Gasteiger partial charge on any atom is 0.232 e. The van der Waals surface area contributed by atoms with Gasteiger partial charge in [-0.15, -0.1) is 12.4 Å². The summed E-state index contributed by atoms with van der Waals surface area (Å²) >= 11 is 0. The third-order valence-electron chi connectivity index (χ3n) is 3.93. The minimum atomic E-state index is -0.512. The maximum absolute atomic E-state index is 12.4. The molecule has 1 fully saturated rings. The summed E-state index contributed by atoms with van der Waals surface area (Å²) in [4.78, 5) is 12.4. The van der Waals surface area contributed by atoms with Gasteiger partial charge in [-0.3, -0.25) is 4.79 Å². The second kappa shape index (κ2) is 8.34. The molecule has 1 saturated heterocycles. The van der Waals surface area contributed by atoms with Crippen molar-refractivity contribution in [1.29, 1.82) is 0 Å². The van der Waals surface area contributed by atoms with Gasteiger partial charge in [-0.1, -0.05) is 12.1 Å². The molecule has 0 unspecified atom stereocenters. The van der Waals surface area contributed by atoms with Crippen LogP contribution in [0, 0.1) is 5.41 Å². The van der Waals surface area contributed by atoms with Crippen molar-refractivity contribution in [2.24, 2.45) is 11.1 Å². The third-order valence-corrected chi connectivity index (χ3v) is 3.93. The van der Waals surface area contributed by atoms with Crippen LogP contribution >= 0.6 is 12.4 Å². The summed E-state index contributed by atoms with van der Waals surface area (Å²) in [6.45, 7) is 1.63. The third kappa shape index (κ3) is 4.41. The second-order valence-corrected chi connectivity index (χ2v) is 5.22. The van der Waals surface area contributed by atoms with E-state index in [1.807, 2.05) is 24.3 Å². The monoisotopic (exact) mass is 314 g/mol. The zero-order valence-corrected chi connectivity index (χ0v) is 12.8. The van der Waals surface area contributed by atoms with Gasteiger partial charge in [-0.05, 0) is 37.0 Å². The Labute approximate surface area is 131 Å². The molecule has 1 aromatic carbocycles. The molecular weight excluding hydrogens is 292 g/mol. The van der Waals surface area contributed by atoms with Crippen LogP contribution in [-0.2, 0) is 16.0 Å². The molecule has 0 aromatic heterocycles. The Bertz CT molecular complexity index is 445. The molecular formula is C15H23ClN2O3. The van der Waals surface area contributed by atoms with Gasteiger partial charge in [0.15, 0.2) is 0 Å². The molecule has 1 aliphatic rings. The van der Waals surface area contributed by atoms with E-state index in [1.165, 1.54) is 0 Å². The summed E-state index contributed by atoms with van der Waals surface area (Å²) in [5.74, 6) is -0.0294. The van der Waals surface area contributed by atoms with Crippen LogP contribution in [0.2, 0.25) is 0 Å². The molecule has 2 rings (SSSR count). The molecule has 21 heavy (non-hydrogen) atoms. The molecule has 0 radical (unpaired) electrons. The van der Waals surface area contributed by atoms with Crippen molar-refractivity contribution < 1.29 is 14.6 Å². The minimum absolute atomic E-state index is 0. The molecule has 0 atom stereocenters. The van der Waals surface area contributed by atoms with Crippen LogP contribution in [0.1, 0.15) is 18.4 Å². The van der Waals surface area contributed by atoms with Crippen LogP contribution in [0.15, 0.2) is 24.3 Å². The number of benzene rings is 1. The van der Waals surface area contributed by atoms with Crippen LogP contribution < -0.4 is 11.1 Å². The summed E-state index contributed by atoms with van der Waals surface area (Å²) in [5, 5.41) is 11.8. The molecule has 118 valence electrons. The van der Waals surface area contributed by atoms with Gasteiger partial charge < -0.3 is 20.9 Å². The van der Waals surface area contributed by atoms with Crippen molar-refractivity contribution in [1.82, 2.24) is 0 Å². The standard InChI is InChI=1S/C15H22N2O3.ClH/c16-11-15(6-9-20-10-7-15)14(19)17-13-3-1-12(2-4-13)5-8-18;/h1-4,18H,5-11,16H2,(H,17,19);1H. The number of ether oxygens (including phenoxy) is 1. The highest BCUT2D eigenvalue weighted by molar-refractivity contribution is 5.95. The first kappa shape index (κ1) is 17.9. The topological polar surface area (TPSA) is 84.6 Å². The second-order valence-electron chi connectivity index (χ2n) is 5.22. The van der Waals surface area contributed by atoms with E-state index in [2.05, 4.69) is 5.32 Å². The van der Waals surface area contributed by atoms with Crippen molar-refractivity contribution in [3.8, 4) is 0 Å². The van der Waals surface area contributed by atoms with Crippen molar-refractivity contribution in [2.45, 2.75) is 19.3 Å². The van der Waals surface area contributed by atoms with Crippen molar-refractivity contribution in [3.63, 3.8) is 0 Å². The van der Waals surface area contributed by atoms with E-state index in [1.54, 1.807) is 0 Å². The minimum Gasteiger partial charge on any atom is -0.396 e. The fraction of sp³-hybridized carbons (Fsp3) is 0.533. The van der Waals surface area contributed by atoms with Gasteiger partial charge in [-0.2, -0.15) is 0 Å². The Hall–Kier alpha value is -1.14. The Morgan fingerprint density at radius 2 is 1.90 bits per heavy atom. The quantitative estimate of drug-likeness (QED) is 0.765. The smallest absolute Gasteiger partial charge is 0.232 e. The fourth-order valence-corrected chi connectivity index (χ4v) is 2.43. The van der Waals surface area contributed by atoms with Crippen molar-refractivity contribution in [2.75, 3.05) is 31.7 Å². The highest BCUT2D eigenvalue weighted by Gasteiger charge is 2.38. The Morgan fingerprint density at radius 1 is 1.29 bits per heavy atom. The van der Waals surface area contributed by atoms with E-state index >= 15 is 0 Å². The Balaban J connectivity index is 0.00000220. The molecule has 0 spiro atoms. The number of carbonyl (C=O) groups is 1. The normalized spacial score (nSPS) is 16.9. The number of nitrogens with two attached hydrogens (primary N) is 1. The van der Waals surface area contributed by atoms with E-state index in [9.17, 15) is 4.79 Å². The number of hydrogen-bond donors (Lipinski definition) is 3. The van der Waals surface area contributed by atoms with Crippen LogP contribution in [0.3, 0.4) is 0 Å². The highest BCUT2D eigenvalue weighted by atomic mass is 35.5. The predicted molar refractivity (Wildman–Crippen MR) is 84.6 cm³/mol. The number of halogens is 1. The molecule has 5 nitrogen and oxygen atoms in total. The van der Waals surface area contributed by atoms with Crippen molar-refractivity contribution in [3.05, 3.63) is 29.8 Å². The lowest BCUT2D eigenvalue weighted by atomic mass is 9.79. The lowest BCUT2D eigenvalue weighted by Crippen LogP contribution is -2.46. The number of carbonyl (C=O) groups excluding carboxylic acids is 1. The number of aliphatic hydroxyl groups excluding tert-OH is 1. The van der Waals surface area contributed by atoms with Crippen LogP contribution in [-0.4, -0.2) is 37.4 Å². The zero-order chi connectivity index (χ0) is 14.4. The molecule has 6 heteroatoms. The number of amides is 1. The van der Waals surface area contributed by atoms with Crippen LogP contribution in [0.4, 0.5) is 5.69 Å². The molecule has 1 aliphatic heterocycles. The van der Waals surface area contributed by atoms with Gasteiger partial charge in [0.25, 0.3) is 0 Å². The Morgan fingerprint density at radius 3 is 2.43 bits per heavy atom. The summed E-state index contributed by atoms with van der Waals surface area (Å²) in [6, 6.07) is 7.52. The number of anilines is 1. The lowest BCUT2D eigenvalue weighted by Gasteiger charge is -2.34. The lowest BCUT2D eigenvalue weighted by molar-refractivity contribution is -0.130. The largest absolute Gasteiger partial charge is 0.396 e. The number of rotatable bonds is 5. The number of hydrogen-bond acceptors (Lipinski definition) is 4. The Kier molecular flexibility index (Phi) is 7.11. The predicted octanol–water partition coefficient (Wildman–Crippen LogP) is 1.34. The molecule has 1 heterocycles.